The number of carbonyl (C=O) groups is 1. The molecule has 2 aromatic carbocycles. The van der Waals surface area contributed by atoms with Crippen molar-refractivity contribution in [1.82, 2.24) is 0 Å². The van der Waals surface area contributed by atoms with Crippen molar-refractivity contribution in [3.8, 4) is 0 Å². The lowest BCUT2D eigenvalue weighted by atomic mass is 9.95. The molecule has 0 aliphatic rings. The molecule has 0 amide bonds. The normalized spacial score (nSPS) is 12.1. The molecule has 20 heavy (non-hydrogen) atoms. The molecule has 0 saturated heterocycles. The van der Waals surface area contributed by atoms with E-state index in [1.807, 2.05) is 36.4 Å². The Morgan fingerprint density at radius 1 is 1.10 bits per heavy atom. The molecule has 0 bridgehead atoms. The van der Waals surface area contributed by atoms with Crippen molar-refractivity contribution in [3.63, 3.8) is 0 Å². The number of aliphatic carboxylic acids is 1. The third-order valence-corrected chi connectivity index (χ3v) is 3.38. The Balaban J connectivity index is 2.27. The van der Waals surface area contributed by atoms with Crippen molar-refractivity contribution in [3.05, 3.63) is 59.2 Å². The van der Waals surface area contributed by atoms with Gasteiger partial charge in [-0.05, 0) is 48.2 Å². The summed E-state index contributed by atoms with van der Waals surface area (Å²) in [5.74, 6) is -1.48. The predicted molar refractivity (Wildman–Crippen MR) is 80.6 cm³/mol. The van der Waals surface area contributed by atoms with Crippen LogP contribution in [0.15, 0.2) is 42.5 Å². The van der Waals surface area contributed by atoms with Gasteiger partial charge in [-0.15, -0.1) is 0 Å². The van der Waals surface area contributed by atoms with Crippen molar-refractivity contribution in [1.29, 1.82) is 0 Å². The molecule has 0 saturated carbocycles. The van der Waals surface area contributed by atoms with Crippen LogP contribution in [0.1, 0.15) is 29.5 Å². The highest BCUT2D eigenvalue weighted by atomic mass is 16.4. The Morgan fingerprint density at radius 3 is 2.30 bits per heavy atom. The van der Waals surface area contributed by atoms with Gasteiger partial charge in [0.25, 0.3) is 0 Å². The first kappa shape index (κ1) is 13.9. The third-order valence-electron chi connectivity index (χ3n) is 3.38. The lowest BCUT2D eigenvalue weighted by Crippen LogP contribution is -2.10. The van der Waals surface area contributed by atoms with Crippen molar-refractivity contribution in [2.45, 2.75) is 19.3 Å². The van der Waals surface area contributed by atoms with Gasteiger partial charge >= 0.3 is 5.97 Å². The Hall–Kier alpha value is -2.49. The summed E-state index contributed by atoms with van der Waals surface area (Å²) in [6.45, 7) is 1.64. The summed E-state index contributed by atoms with van der Waals surface area (Å²) in [5.41, 5.74) is 15.6. The fourth-order valence-electron chi connectivity index (χ4n) is 2.11. The van der Waals surface area contributed by atoms with E-state index in [1.165, 1.54) is 0 Å². The molecule has 5 N–H and O–H groups in total. The molecule has 1 unspecified atom stereocenters. The Kier molecular flexibility index (Phi) is 3.94. The number of nitrogens with two attached hydrogens (primary N) is 2. The van der Waals surface area contributed by atoms with Gasteiger partial charge in [0.15, 0.2) is 0 Å². The fourth-order valence-corrected chi connectivity index (χ4v) is 2.11. The van der Waals surface area contributed by atoms with Crippen LogP contribution in [0.25, 0.3) is 0 Å². The van der Waals surface area contributed by atoms with E-state index in [1.54, 1.807) is 13.0 Å². The lowest BCUT2D eigenvalue weighted by molar-refractivity contribution is -0.138. The van der Waals surface area contributed by atoms with Crippen LogP contribution in [0.3, 0.4) is 0 Å². The van der Waals surface area contributed by atoms with Gasteiger partial charge < -0.3 is 16.6 Å². The van der Waals surface area contributed by atoms with Crippen LogP contribution in [-0.2, 0) is 11.2 Å². The second kappa shape index (κ2) is 5.65. The standard InChI is InChI=1S/C16H18N2O2/c1-10(16(19)20)14-9-12(4-7-15(14)18)8-11-2-5-13(17)6-3-11/h2-7,9-10H,8,17-18H2,1H3,(H,19,20). The van der Waals surface area contributed by atoms with Gasteiger partial charge in [0.05, 0.1) is 5.92 Å². The Bertz CT molecular complexity index is 621. The van der Waals surface area contributed by atoms with Crippen molar-refractivity contribution in [2.75, 3.05) is 11.5 Å². The molecule has 2 aromatic rings. The van der Waals surface area contributed by atoms with Gasteiger partial charge in [-0.1, -0.05) is 24.3 Å². The number of nitrogen functional groups attached to an aromatic ring is 2. The van der Waals surface area contributed by atoms with E-state index in [9.17, 15) is 4.79 Å². The summed E-state index contributed by atoms with van der Waals surface area (Å²) in [6.07, 6.45) is 0.722. The molecule has 0 heterocycles. The second-order valence-corrected chi connectivity index (χ2v) is 4.94. The second-order valence-electron chi connectivity index (χ2n) is 4.94. The molecule has 0 aliphatic carbocycles. The SMILES string of the molecule is CC(C(=O)O)c1cc(Cc2ccc(N)cc2)ccc1N. The molecule has 4 nitrogen and oxygen atoms in total. The monoisotopic (exact) mass is 270 g/mol. The molecule has 0 aliphatic heterocycles. The number of carboxylic acids is 1. The summed E-state index contributed by atoms with van der Waals surface area (Å²) in [6, 6.07) is 13.2. The first-order valence-corrected chi connectivity index (χ1v) is 6.43. The minimum atomic E-state index is -0.874. The van der Waals surface area contributed by atoms with Crippen molar-refractivity contribution in [2.24, 2.45) is 0 Å². The zero-order valence-corrected chi connectivity index (χ0v) is 11.3. The van der Waals surface area contributed by atoms with E-state index in [0.717, 1.165) is 23.2 Å². The number of hydrogen-bond acceptors (Lipinski definition) is 3. The van der Waals surface area contributed by atoms with Gasteiger partial charge in [-0.2, -0.15) is 0 Å². The van der Waals surface area contributed by atoms with E-state index in [-0.39, 0.29) is 0 Å². The smallest absolute Gasteiger partial charge is 0.310 e. The summed E-state index contributed by atoms with van der Waals surface area (Å²) in [5, 5.41) is 9.10. The maximum atomic E-state index is 11.1. The quantitative estimate of drug-likeness (QED) is 0.745. The maximum absolute atomic E-state index is 11.1. The lowest BCUT2D eigenvalue weighted by Gasteiger charge is -2.12. The van der Waals surface area contributed by atoms with Crippen molar-refractivity contribution < 1.29 is 9.90 Å². The average Bonchev–Trinajstić information content (AvgIpc) is 2.42. The van der Waals surface area contributed by atoms with E-state index in [0.29, 0.717) is 11.3 Å². The van der Waals surface area contributed by atoms with E-state index in [4.69, 9.17) is 16.6 Å². The molecule has 0 aromatic heterocycles. The van der Waals surface area contributed by atoms with E-state index in [2.05, 4.69) is 0 Å². The minimum Gasteiger partial charge on any atom is -0.481 e. The van der Waals surface area contributed by atoms with Crippen LogP contribution >= 0.6 is 0 Å². The van der Waals surface area contributed by atoms with Crippen LogP contribution in [0.4, 0.5) is 11.4 Å². The summed E-state index contributed by atoms with van der Waals surface area (Å²) in [4.78, 5) is 11.1. The third kappa shape index (κ3) is 3.09. The number of anilines is 2. The van der Waals surface area contributed by atoms with Gasteiger partial charge in [0.1, 0.15) is 0 Å². The van der Waals surface area contributed by atoms with Crippen LogP contribution in [0.2, 0.25) is 0 Å². The van der Waals surface area contributed by atoms with Crippen LogP contribution < -0.4 is 11.5 Å². The largest absolute Gasteiger partial charge is 0.481 e. The first-order valence-electron chi connectivity index (χ1n) is 6.43. The molecule has 0 radical (unpaired) electrons. The van der Waals surface area contributed by atoms with Gasteiger partial charge in [-0.3, -0.25) is 4.79 Å². The highest BCUT2D eigenvalue weighted by Gasteiger charge is 2.16. The number of rotatable bonds is 4. The summed E-state index contributed by atoms with van der Waals surface area (Å²) in [7, 11) is 0. The first-order chi connectivity index (χ1) is 9.47. The molecule has 104 valence electrons. The molecular formula is C16H18N2O2. The maximum Gasteiger partial charge on any atom is 0.310 e. The average molecular weight is 270 g/mol. The number of benzene rings is 2. The highest BCUT2D eigenvalue weighted by molar-refractivity contribution is 5.78. The molecule has 4 heteroatoms. The fraction of sp³-hybridized carbons (Fsp3) is 0.188. The summed E-state index contributed by atoms with van der Waals surface area (Å²) >= 11 is 0. The van der Waals surface area contributed by atoms with E-state index < -0.39 is 11.9 Å². The Morgan fingerprint density at radius 2 is 1.70 bits per heavy atom. The highest BCUT2D eigenvalue weighted by Crippen LogP contribution is 2.25. The van der Waals surface area contributed by atoms with Gasteiger partial charge in [0, 0.05) is 11.4 Å². The van der Waals surface area contributed by atoms with Crippen LogP contribution in [0, 0.1) is 0 Å². The van der Waals surface area contributed by atoms with Crippen molar-refractivity contribution >= 4 is 17.3 Å². The van der Waals surface area contributed by atoms with Gasteiger partial charge in [0.2, 0.25) is 0 Å². The molecule has 1 atom stereocenters. The minimum absolute atomic E-state index is 0.515. The summed E-state index contributed by atoms with van der Waals surface area (Å²) < 4.78 is 0. The molecular weight excluding hydrogens is 252 g/mol. The zero-order valence-electron chi connectivity index (χ0n) is 11.3. The molecule has 0 fully saturated rings. The van der Waals surface area contributed by atoms with Crippen LogP contribution in [0.5, 0.6) is 0 Å². The predicted octanol–water partition coefficient (Wildman–Crippen LogP) is 2.63. The topological polar surface area (TPSA) is 89.3 Å². The molecule has 0 spiro atoms. The van der Waals surface area contributed by atoms with E-state index >= 15 is 0 Å². The number of hydrogen-bond donors (Lipinski definition) is 3. The number of carboxylic acid groups (broad SMARTS) is 1. The van der Waals surface area contributed by atoms with Crippen LogP contribution in [-0.4, -0.2) is 11.1 Å². The zero-order chi connectivity index (χ0) is 14.7. The molecule has 2 rings (SSSR count). The van der Waals surface area contributed by atoms with Gasteiger partial charge in [-0.25, -0.2) is 0 Å². The Labute approximate surface area is 118 Å².